The third-order valence-electron chi connectivity index (χ3n) is 2.86. The molecule has 0 bridgehead atoms. The van der Waals surface area contributed by atoms with Crippen molar-refractivity contribution in [2.24, 2.45) is 0 Å². The standard InChI is InChI=1S/C12H16O3/c1-12(14-3)8-11(13-2)9-6-4-5-7-10(9)15-12/h4-7,11H,8H2,1-3H3/t11-,12+/m0/s1. The molecule has 0 radical (unpaired) electrons. The molecule has 1 aromatic rings. The van der Waals surface area contributed by atoms with Crippen molar-refractivity contribution in [1.82, 2.24) is 0 Å². The molecule has 82 valence electrons. The van der Waals surface area contributed by atoms with Gasteiger partial charge in [0.15, 0.2) is 0 Å². The summed E-state index contributed by atoms with van der Waals surface area (Å²) in [6.45, 7) is 1.93. The van der Waals surface area contributed by atoms with Crippen molar-refractivity contribution in [3.05, 3.63) is 29.8 Å². The van der Waals surface area contributed by atoms with Gasteiger partial charge in [0.2, 0.25) is 5.79 Å². The molecule has 0 N–H and O–H groups in total. The Morgan fingerprint density at radius 3 is 2.73 bits per heavy atom. The third-order valence-corrected chi connectivity index (χ3v) is 2.86. The molecule has 1 aliphatic rings. The zero-order valence-corrected chi connectivity index (χ0v) is 9.32. The molecule has 0 amide bonds. The summed E-state index contributed by atoms with van der Waals surface area (Å²) in [6.07, 6.45) is 0.747. The Bertz CT molecular complexity index is 350. The molecule has 0 saturated carbocycles. The highest BCUT2D eigenvalue weighted by atomic mass is 16.7. The van der Waals surface area contributed by atoms with E-state index in [1.165, 1.54) is 0 Å². The highest BCUT2D eigenvalue weighted by Crippen LogP contribution is 2.41. The molecule has 0 fully saturated rings. The quantitative estimate of drug-likeness (QED) is 0.747. The van der Waals surface area contributed by atoms with Gasteiger partial charge < -0.3 is 14.2 Å². The molecule has 2 rings (SSSR count). The fourth-order valence-electron chi connectivity index (χ4n) is 1.90. The zero-order chi connectivity index (χ0) is 10.9. The van der Waals surface area contributed by atoms with Gasteiger partial charge in [0.25, 0.3) is 0 Å². The normalized spacial score (nSPS) is 29.4. The lowest BCUT2D eigenvalue weighted by Gasteiger charge is -2.37. The van der Waals surface area contributed by atoms with Gasteiger partial charge in [-0.25, -0.2) is 0 Å². The first-order valence-electron chi connectivity index (χ1n) is 5.04. The van der Waals surface area contributed by atoms with Crippen LogP contribution in [0.2, 0.25) is 0 Å². The smallest absolute Gasteiger partial charge is 0.210 e. The van der Waals surface area contributed by atoms with Crippen LogP contribution in [0.25, 0.3) is 0 Å². The Hall–Kier alpha value is -1.06. The molecule has 1 aromatic carbocycles. The molecular formula is C12H16O3. The number of methoxy groups -OCH3 is 2. The molecule has 0 aromatic heterocycles. The van der Waals surface area contributed by atoms with E-state index in [0.717, 1.165) is 11.3 Å². The predicted octanol–water partition coefficient (Wildman–Crippen LogP) is 2.52. The summed E-state index contributed by atoms with van der Waals surface area (Å²) in [5.41, 5.74) is 1.09. The van der Waals surface area contributed by atoms with Gasteiger partial charge in [-0.2, -0.15) is 0 Å². The largest absolute Gasteiger partial charge is 0.462 e. The Kier molecular flexibility index (Phi) is 2.67. The van der Waals surface area contributed by atoms with Gasteiger partial charge in [-0.1, -0.05) is 18.2 Å². The summed E-state index contributed by atoms with van der Waals surface area (Å²) in [4.78, 5) is 0. The summed E-state index contributed by atoms with van der Waals surface area (Å²) in [6, 6.07) is 7.91. The molecule has 1 aliphatic heterocycles. The van der Waals surface area contributed by atoms with E-state index in [1.54, 1.807) is 14.2 Å². The van der Waals surface area contributed by atoms with Gasteiger partial charge in [-0.3, -0.25) is 0 Å². The van der Waals surface area contributed by atoms with E-state index in [1.807, 2.05) is 31.2 Å². The van der Waals surface area contributed by atoms with Crippen LogP contribution in [0, 0.1) is 0 Å². The molecule has 1 heterocycles. The van der Waals surface area contributed by atoms with E-state index in [4.69, 9.17) is 14.2 Å². The second-order valence-corrected chi connectivity index (χ2v) is 3.91. The van der Waals surface area contributed by atoms with E-state index >= 15 is 0 Å². The molecule has 3 heteroatoms. The number of para-hydroxylation sites is 1. The molecule has 0 saturated heterocycles. The van der Waals surface area contributed by atoms with Crippen molar-refractivity contribution < 1.29 is 14.2 Å². The maximum atomic E-state index is 5.80. The lowest BCUT2D eigenvalue weighted by atomic mass is 9.97. The zero-order valence-electron chi connectivity index (χ0n) is 9.32. The molecule has 15 heavy (non-hydrogen) atoms. The lowest BCUT2D eigenvalue weighted by molar-refractivity contribution is -0.184. The van der Waals surface area contributed by atoms with E-state index in [9.17, 15) is 0 Å². The highest BCUT2D eigenvalue weighted by molar-refractivity contribution is 5.37. The van der Waals surface area contributed by atoms with Crippen LogP contribution in [0.1, 0.15) is 25.0 Å². The van der Waals surface area contributed by atoms with E-state index in [0.29, 0.717) is 6.42 Å². The number of ether oxygens (including phenoxy) is 3. The van der Waals surface area contributed by atoms with Crippen LogP contribution < -0.4 is 4.74 Å². The third kappa shape index (κ3) is 1.85. The Morgan fingerprint density at radius 1 is 1.33 bits per heavy atom. The number of hydrogen-bond donors (Lipinski definition) is 0. The van der Waals surface area contributed by atoms with Crippen LogP contribution in [0.4, 0.5) is 0 Å². The van der Waals surface area contributed by atoms with Crippen LogP contribution >= 0.6 is 0 Å². The second-order valence-electron chi connectivity index (χ2n) is 3.91. The minimum absolute atomic E-state index is 0.0416. The van der Waals surface area contributed by atoms with Gasteiger partial charge in [0.05, 0.1) is 6.10 Å². The van der Waals surface area contributed by atoms with Gasteiger partial charge in [-0.15, -0.1) is 0 Å². The molecule has 2 atom stereocenters. The van der Waals surface area contributed by atoms with Crippen molar-refractivity contribution in [2.45, 2.75) is 25.2 Å². The molecule has 0 spiro atoms. The van der Waals surface area contributed by atoms with Crippen LogP contribution in [0.15, 0.2) is 24.3 Å². The van der Waals surface area contributed by atoms with Gasteiger partial charge in [0.1, 0.15) is 5.75 Å². The van der Waals surface area contributed by atoms with Gasteiger partial charge in [0, 0.05) is 33.1 Å². The SMILES string of the molecule is CO[C@H]1C[C@](C)(OC)Oc2ccccc21. The van der Waals surface area contributed by atoms with Crippen molar-refractivity contribution in [3.63, 3.8) is 0 Å². The Balaban J connectivity index is 2.38. The second kappa shape index (κ2) is 3.83. The van der Waals surface area contributed by atoms with Crippen molar-refractivity contribution in [2.75, 3.05) is 14.2 Å². The first kappa shape index (κ1) is 10.5. The van der Waals surface area contributed by atoms with Crippen LogP contribution in [-0.2, 0) is 9.47 Å². The summed E-state index contributed by atoms with van der Waals surface area (Å²) < 4.78 is 16.6. The average Bonchev–Trinajstić information content (AvgIpc) is 2.28. The predicted molar refractivity (Wildman–Crippen MR) is 56.9 cm³/mol. The summed E-state index contributed by atoms with van der Waals surface area (Å²) in [5.74, 6) is 0.259. The topological polar surface area (TPSA) is 27.7 Å². The highest BCUT2D eigenvalue weighted by Gasteiger charge is 2.37. The molecule has 3 nitrogen and oxygen atoms in total. The maximum Gasteiger partial charge on any atom is 0.210 e. The van der Waals surface area contributed by atoms with Crippen LogP contribution in [0.3, 0.4) is 0 Å². The molecule has 0 aliphatic carbocycles. The first-order valence-corrected chi connectivity index (χ1v) is 5.04. The monoisotopic (exact) mass is 208 g/mol. The van der Waals surface area contributed by atoms with Crippen molar-refractivity contribution >= 4 is 0 Å². The number of benzene rings is 1. The van der Waals surface area contributed by atoms with E-state index in [-0.39, 0.29) is 6.10 Å². The number of fused-ring (bicyclic) bond motifs is 1. The van der Waals surface area contributed by atoms with Gasteiger partial charge >= 0.3 is 0 Å². The molecule has 0 unspecified atom stereocenters. The Morgan fingerprint density at radius 2 is 2.07 bits per heavy atom. The average molecular weight is 208 g/mol. The summed E-state index contributed by atoms with van der Waals surface area (Å²) in [7, 11) is 3.36. The van der Waals surface area contributed by atoms with Crippen LogP contribution in [0.5, 0.6) is 5.75 Å². The minimum Gasteiger partial charge on any atom is -0.462 e. The lowest BCUT2D eigenvalue weighted by Crippen LogP contribution is -2.40. The van der Waals surface area contributed by atoms with Crippen LogP contribution in [-0.4, -0.2) is 20.0 Å². The van der Waals surface area contributed by atoms with Gasteiger partial charge in [-0.05, 0) is 6.07 Å². The van der Waals surface area contributed by atoms with E-state index in [2.05, 4.69) is 0 Å². The van der Waals surface area contributed by atoms with Crippen molar-refractivity contribution in [3.8, 4) is 5.75 Å². The summed E-state index contributed by atoms with van der Waals surface area (Å²) in [5, 5.41) is 0. The maximum absolute atomic E-state index is 5.80. The fraction of sp³-hybridized carbons (Fsp3) is 0.500. The van der Waals surface area contributed by atoms with E-state index < -0.39 is 5.79 Å². The first-order chi connectivity index (χ1) is 7.18. The molecular weight excluding hydrogens is 192 g/mol. The minimum atomic E-state index is -0.588. The summed E-state index contributed by atoms with van der Waals surface area (Å²) >= 11 is 0. The number of rotatable bonds is 2. The Labute approximate surface area is 90.0 Å². The van der Waals surface area contributed by atoms with Crippen molar-refractivity contribution in [1.29, 1.82) is 0 Å². The fourth-order valence-corrected chi connectivity index (χ4v) is 1.90. The number of hydrogen-bond acceptors (Lipinski definition) is 3.